The van der Waals surface area contributed by atoms with Gasteiger partial charge in [0.15, 0.2) is 0 Å². The van der Waals surface area contributed by atoms with Crippen molar-refractivity contribution in [2.75, 3.05) is 6.61 Å². The summed E-state index contributed by atoms with van der Waals surface area (Å²) in [6.07, 6.45) is 1.16. The first-order valence-electron chi connectivity index (χ1n) is 9.34. The second kappa shape index (κ2) is 12.6. The summed E-state index contributed by atoms with van der Waals surface area (Å²) in [6.45, 7) is 6.49. The second-order valence-corrected chi connectivity index (χ2v) is 7.21. The minimum absolute atomic E-state index is 0. The minimum atomic E-state index is -1.28. The summed E-state index contributed by atoms with van der Waals surface area (Å²) in [5, 5.41) is 9.00. The second-order valence-electron chi connectivity index (χ2n) is 7.21. The van der Waals surface area contributed by atoms with Gasteiger partial charge in [-0.3, -0.25) is 6.29 Å². The summed E-state index contributed by atoms with van der Waals surface area (Å²) in [5.74, 6) is 0.161. The molecule has 0 spiro atoms. The van der Waals surface area contributed by atoms with E-state index in [1.165, 1.54) is 12.2 Å². The Bertz CT molecular complexity index is 835. The molecule has 3 rings (SSSR count). The Morgan fingerprint density at radius 1 is 1.13 bits per heavy atom. The molecule has 0 saturated heterocycles. The Hall–Kier alpha value is -2.10. The maximum Gasteiger partial charge on any atom is 2.00 e. The molecule has 0 heterocycles. The molecule has 0 fully saturated rings. The summed E-state index contributed by atoms with van der Waals surface area (Å²) in [6, 6.07) is 14.6. The predicted molar refractivity (Wildman–Crippen MR) is 113 cm³/mol. The maximum atomic E-state index is 11.0. The van der Waals surface area contributed by atoms with Crippen LogP contribution in [-0.2, 0) is 14.3 Å². The first kappa shape index (κ1) is 25.9. The standard InChI is InChI=1S/C19H17N2O4.C4H9.U/c20-19(21-17(9-10-22)18(23)24)25-11-16-14-7-3-1-5-12(14)13-6-2-4-8-15(13)16;1-4(2)3;/h1-8,16-17H,9,11H2,(H2,20,21)(H,23,24);1-3H3;/q2*-1;+2. The molecular weight excluding hydrogens is 606 g/mol. The number of carboxylic acids is 1. The molecule has 1 unspecified atom stereocenters. The summed E-state index contributed by atoms with van der Waals surface area (Å²) in [5.41, 5.74) is 10.3. The number of carboxylic acid groups (broad SMARTS) is 1. The first-order chi connectivity index (χ1) is 13.8. The Labute approximate surface area is 201 Å². The number of carbonyl (C=O) groups is 1. The molecule has 0 bridgehead atoms. The van der Waals surface area contributed by atoms with Gasteiger partial charge in [-0.15, -0.1) is 6.42 Å². The van der Waals surface area contributed by atoms with Crippen molar-refractivity contribution in [3.8, 4) is 11.1 Å². The van der Waals surface area contributed by atoms with Crippen LogP contribution in [0.3, 0.4) is 0 Å². The first-order valence-corrected chi connectivity index (χ1v) is 9.34. The quantitative estimate of drug-likeness (QED) is 0.288. The van der Waals surface area contributed by atoms with Gasteiger partial charge in [0.05, 0.1) is 0 Å². The molecular formula is C23H26N2O4U. The van der Waals surface area contributed by atoms with E-state index in [2.05, 4.69) is 37.9 Å². The van der Waals surface area contributed by atoms with Crippen LogP contribution < -0.4 is 5.73 Å². The van der Waals surface area contributed by atoms with Gasteiger partial charge < -0.3 is 26.3 Å². The zero-order valence-electron chi connectivity index (χ0n) is 17.4. The maximum absolute atomic E-state index is 11.0. The molecule has 2 aromatic rings. The summed E-state index contributed by atoms with van der Waals surface area (Å²) in [7, 11) is 0. The number of nitrogens with two attached hydrogens (primary N) is 1. The Morgan fingerprint density at radius 2 is 1.60 bits per heavy atom. The number of fused-ring (bicyclic) bond motifs is 3. The van der Waals surface area contributed by atoms with E-state index in [-0.39, 0.29) is 56.1 Å². The topological polar surface area (TPSA) is 102 Å². The van der Waals surface area contributed by atoms with E-state index in [9.17, 15) is 9.59 Å². The van der Waals surface area contributed by atoms with Crippen LogP contribution >= 0.6 is 0 Å². The number of ether oxygens (including phenoxy) is 1. The van der Waals surface area contributed by atoms with E-state index in [0.717, 1.165) is 22.3 Å². The fourth-order valence-corrected chi connectivity index (χ4v) is 3.07. The van der Waals surface area contributed by atoms with Crippen LogP contribution in [0.15, 0.2) is 53.5 Å². The van der Waals surface area contributed by atoms with Crippen LogP contribution in [0.5, 0.6) is 0 Å². The number of nitrogens with zero attached hydrogens (tertiary/aromatic N) is 1. The van der Waals surface area contributed by atoms with Crippen molar-refractivity contribution in [3.63, 3.8) is 0 Å². The van der Waals surface area contributed by atoms with Crippen LogP contribution in [0.2, 0.25) is 0 Å². The third kappa shape index (κ3) is 7.00. The molecule has 2 aromatic carbocycles. The van der Waals surface area contributed by atoms with Gasteiger partial charge >= 0.3 is 37.1 Å². The number of aliphatic imine (C=N–C) groups is 1. The summed E-state index contributed by atoms with van der Waals surface area (Å²) in [4.78, 5) is 25.2. The van der Waals surface area contributed by atoms with Crippen molar-refractivity contribution in [2.45, 2.75) is 39.2 Å². The third-order valence-corrected chi connectivity index (χ3v) is 4.21. The monoisotopic (exact) mass is 632 g/mol. The van der Waals surface area contributed by atoms with Crippen LogP contribution in [0.25, 0.3) is 11.1 Å². The molecule has 3 N–H and O–H groups in total. The number of aliphatic carboxylic acids is 1. The smallest absolute Gasteiger partial charge is 0.542 e. The van der Waals surface area contributed by atoms with Gasteiger partial charge in [0, 0.05) is 5.92 Å². The molecule has 156 valence electrons. The Balaban J connectivity index is 0.000000827. The van der Waals surface area contributed by atoms with E-state index >= 15 is 0 Å². The van der Waals surface area contributed by atoms with Crippen molar-refractivity contribution in [1.29, 1.82) is 0 Å². The van der Waals surface area contributed by atoms with Crippen molar-refractivity contribution in [3.05, 3.63) is 65.6 Å². The van der Waals surface area contributed by atoms with Crippen molar-refractivity contribution in [2.24, 2.45) is 10.7 Å². The zero-order chi connectivity index (χ0) is 21.4. The largest absolute Gasteiger partial charge is 2.00 e. The molecule has 1 aliphatic carbocycles. The third-order valence-electron chi connectivity index (χ3n) is 4.21. The van der Waals surface area contributed by atoms with Gasteiger partial charge in [-0.05, 0) is 22.3 Å². The van der Waals surface area contributed by atoms with E-state index < -0.39 is 12.0 Å². The average Bonchev–Trinajstić information content (AvgIpc) is 2.99. The summed E-state index contributed by atoms with van der Waals surface area (Å²) < 4.78 is 5.50. The normalized spacial score (nSPS) is 13.3. The van der Waals surface area contributed by atoms with Gasteiger partial charge in [0.1, 0.15) is 12.6 Å². The predicted octanol–water partition coefficient (Wildman–Crippen LogP) is 3.70. The Morgan fingerprint density at radius 3 is 2.03 bits per heavy atom. The fourth-order valence-electron chi connectivity index (χ4n) is 3.07. The molecule has 0 aliphatic heterocycles. The van der Waals surface area contributed by atoms with E-state index in [4.69, 9.17) is 15.6 Å². The molecule has 0 amide bonds. The molecule has 30 heavy (non-hydrogen) atoms. The summed E-state index contributed by atoms with van der Waals surface area (Å²) >= 11 is 0. The number of amidine groups is 1. The molecule has 6 nitrogen and oxygen atoms in total. The molecule has 1 atom stereocenters. The SMILES string of the molecule is C[C-](C)C.NC(=NC(C[C-]=O)C(=O)O)OCC1c2ccccc2-c2ccccc21.[U+2]. The van der Waals surface area contributed by atoms with E-state index in [1.807, 2.05) is 36.4 Å². The van der Waals surface area contributed by atoms with Crippen LogP contribution in [0.4, 0.5) is 0 Å². The van der Waals surface area contributed by atoms with Crippen LogP contribution in [0, 0.1) is 37.0 Å². The van der Waals surface area contributed by atoms with Crippen LogP contribution in [0.1, 0.15) is 44.2 Å². The van der Waals surface area contributed by atoms with Crippen molar-refractivity contribution in [1.82, 2.24) is 0 Å². The van der Waals surface area contributed by atoms with Gasteiger partial charge in [-0.2, -0.15) is 20.8 Å². The van der Waals surface area contributed by atoms with Gasteiger partial charge in [0.25, 0.3) is 6.02 Å². The molecule has 0 aromatic heterocycles. The van der Waals surface area contributed by atoms with E-state index in [0.29, 0.717) is 0 Å². The number of benzene rings is 2. The zero-order valence-corrected chi connectivity index (χ0v) is 21.5. The molecule has 0 radical (unpaired) electrons. The average molecular weight is 632 g/mol. The van der Waals surface area contributed by atoms with E-state index in [1.54, 1.807) is 0 Å². The molecule has 1 aliphatic rings. The fraction of sp³-hybridized carbons (Fsp3) is 0.304. The van der Waals surface area contributed by atoms with Crippen LogP contribution in [-0.4, -0.2) is 36.0 Å². The minimum Gasteiger partial charge on any atom is -0.542 e. The Kier molecular flexibility index (Phi) is 10.9. The number of hydrogen-bond acceptors (Lipinski definition) is 4. The number of rotatable bonds is 6. The molecule has 7 heteroatoms. The van der Waals surface area contributed by atoms with Gasteiger partial charge in [0.2, 0.25) is 0 Å². The number of hydrogen-bond donors (Lipinski definition) is 2. The van der Waals surface area contributed by atoms with Crippen molar-refractivity contribution < 1.29 is 50.5 Å². The molecule has 0 saturated carbocycles. The number of carbonyl (C=O) groups excluding carboxylic acids is 1. The van der Waals surface area contributed by atoms with Gasteiger partial charge in [-0.25, -0.2) is 9.79 Å². The van der Waals surface area contributed by atoms with Crippen molar-refractivity contribution >= 4 is 18.3 Å². The van der Waals surface area contributed by atoms with Gasteiger partial charge in [-0.1, -0.05) is 48.5 Å².